The SMILES string of the molecule is CCC1CCC(C)N1C(C)CNCc1ccco1. The lowest BCUT2D eigenvalue weighted by Crippen LogP contribution is -2.46. The Balaban J connectivity index is 1.78. The maximum Gasteiger partial charge on any atom is 0.117 e. The van der Waals surface area contributed by atoms with Gasteiger partial charge in [0.25, 0.3) is 0 Å². The summed E-state index contributed by atoms with van der Waals surface area (Å²) in [6.45, 7) is 8.86. The minimum atomic E-state index is 0.599. The van der Waals surface area contributed by atoms with Crippen LogP contribution in [0.25, 0.3) is 0 Å². The molecule has 1 aliphatic rings. The first-order chi connectivity index (χ1) is 8.72. The van der Waals surface area contributed by atoms with Crippen molar-refractivity contribution in [2.24, 2.45) is 0 Å². The molecule has 2 rings (SSSR count). The van der Waals surface area contributed by atoms with Gasteiger partial charge in [-0.1, -0.05) is 6.92 Å². The van der Waals surface area contributed by atoms with Crippen LogP contribution in [0.3, 0.4) is 0 Å². The fourth-order valence-corrected chi connectivity index (χ4v) is 3.22. The molecule has 1 fully saturated rings. The number of nitrogens with one attached hydrogen (secondary N) is 1. The van der Waals surface area contributed by atoms with Crippen LogP contribution in [-0.4, -0.2) is 29.6 Å². The smallest absolute Gasteiger partial charge is 0.117 e. The summed E-state index contributed by atoms with van der Waals surface area (Å²) in [5.41, 5.74) is 0. The lowest BCUT2D eigenvalue weighted by Gasteiger charge is -2.34. The van der Waals surface area contributed by atoms with Crippen LogP contribution in [-0.2, 0) is 6.54 Å². The van der Waals surface area contributed by atoms with Crippen LogP contribution >= 0.6 is 0 Å². The summed E-state index contributed by atoms with van der Waals surface area (Å²) in [6, 6.07) is 6.07. The number of hydrogen-bond donors (Lipinski definition) is 1. The predicted molar refractivity (Wildman–Crippen MR) is 74.5 cm³/mol. The third-order valence-electron chi connectivity index (χ3n) is 4.15. The van der Waals surface area contributed by atoms with E-state index in [0.29, 0.717) is 6.04 Å². The molecule has 0 radical (unpaired) electrons. The van der Waals surface area contributed by atoms with Gasteiger partial charge in [-0.05, 0) is 45.2 Å². The largest absolute Gasteiger partial charge is 0.468 e. The lowest BCUT2D eigenvalue weighted by atomic mass is 10.1. The third-order valence-corrected chi connectivity index (χ3v) is 4.15. The minimum Gasteiger partial charge on any atom is -0.468 e. The van der Waals surface area contributed by atoms with Crippen LogP contribution < -0.4 is 5.32 Å². The Morgan fingerprint density at radius 2 is 2.33 bits per heavy atom. The first-order valence-corrected chi connectivity index (χ1v) is 7.23. The van der Waals surface area contributed by atoms with Crippen molar-refractivity contribution in [1.29, 1.82) is 0 Å². The summed E-state index contributed by atoms with van der Waals surface area (Å²) in [5, 5.41) is 3.49. The van der Waals surface area contributed by atoms with Gasteiger partial charge in [0.15, 0.2) is 0 Å². The lowest BCUT2D eigenvalue weighted by molar-refractivity contribution is 0.140. The van der Waals surface area contributed by atoms with Gasteiger partial charge in [-0.15, -0.1) is 0 Å². The van der Waals surface area contributed by atoms with E-state index in [0.717, 1.165) is 30.9 Å². The topological polar surface area (TPSA) is 28.4 Å². The van der Waals surface area contributed by atoms with Crippen molar-refractivity contribution in [2.75, 3.05) is 6.54 Å². The molecule has 1 saturated heterocycles. The van der Waals surface area contributed by atoms with Crippen molar-refractivity contribution in [3.05, 3.63) is 24.2 Å². The van der Waals surface area contributed by atoms with Crippen molar-refractivity contribution in [2.45, 2.75) is 64.7 Å². The quantitative estimate of drug-likeness (QED) is 0.841. The molecule has 0 aliphatic carbocycles. The molecule has 3 unspecified atom stereocenters. The summed E-state index contributed by atoms with van der Waals surface area (Å²) >= 11 is 0. The van der Waals surface area contributed by atoms with Crippen molar-refractivity contribution in [3.63, 3.8) is 0 Å². The van der Waals surface area contributed by atoms with Crippen molar-refractivity contribution >= 4 is 0 Å². The molecule has 0 spiro atoms. The van der Waals surface area contributed by atoms with Crippen molar-refractivity contribution < 1.29 is 4.42 Å². The monoisotopic (exact) mass is 250 g/mol. The van der Waals surface area contributed by atoms with Gasteiger partial charge < -0.3 is 9.73 Å². The maximum absolute atomic E-state index is 5.33. The van der Waals surface area contributed by atoms with E-state index in [1.54, 1.807) is 6.26 Å². The summed E-state index contributed by atoms with van der Waals surface area (Å²) in [5.74, 6) is 1.02. The van der Waals surface area contributed by atoms with Gasteiger partial charge >= 0.3 is 0 Å². The van der Waals surface area contributed by atoms with Gasteiger partial charge in [0, 0.05) is 24.7 Å². The van der Waals surface area contributed by atoms with Crippen molar-refractivity contribution in [3.8, 4) is 0 Å². The average Bonchev–Trinajstić information content (AvgIpc) is 2.98. The Kier molecular flexibility index (Phi) is 4.84. The Hall–Kier alpha value is -0.800. The zero-order valence-electron chi connectivity index (χ0n) is 11.9. The second-order valence-electron chi connectivity index (χ2n) is 5.49. The summed E-state index contributed by atoms with van der Waals surface area (Å²) in [6.07, 6.45) is 5.71. The molecule has 0 bridgehead atoms. The highest BCUT2D eigenvalue weighted by atomic mass is 16.3. The molecule has 18 heavy (non-hydrogen) atoms. The highest BCUT2D eigenvalue weighted by Crippen LogP contribution is 2.27. The molecule has 0 amide bonds. The van der Waals surface area contributed by atoms with Gasteiger partial charge in [-0.2, -0.15) is 0 Å². The van der Waals surface area contributed by atoms with Gasteiger partial charge in [0.1, 0.15) is 5.76 Å². The first kappa shape index (κ1) is 13.6. The maximum atomic E-state index is 5.33. The highest BCUT2D eigenvalue weighted by molar-refractivity contribution is 4.97. The molecule has 3 heteroatoms. The molecule has 1 aromatic heterocycles. The normalized spacial score (nSPS) is 26.6. The number of likely N-dealkylation sites (tertiary alicyclic amines) is 1. The zero-order chi connectivity index (χ0) is 13.0. The molecule has 102 valence electrons. The molecule has 1 aliphatic heterocycles. The summed E-state index contributed by atoms with van der Waals surface area (Å²) < 4.78 is 5.33. The van der Waals surface area contributed by atoms with Gasteiger partial charge in [-0.25, -0.2) is 0 Å². The van der Waals surface area contributed by atoms with Gasteiger partial charge in [-0.3, -0.25) is 4.90 Å². The van der Waals surface area contributed by atoms with E-state index in [9.17, 15) is 0 Å². The Morgan fingerprint density at radius 1 is 1.50 bits per heavy atom. The van der Waals surface area contributed by atoms with Gasteiger partial charge in [0.2, 0.25) is 0 Å². The minimum absolute atomic E-state index is 0.599. The number of furan rings is 1. The zero-order valence-corrected chi connectivity index (χ0v) is 11.9. The second-order valence-corrected chi connectivity index (χ2v) is 5.49. The summed E-state index contributed by atoms with van der Waals surface area (Å²) in [7, 11) is 0. The molecule has 3 atom stereocenters. The van der Waals surface area contributed by atoms with Crippen LogP contribution in [0.1, 0.15) is 45.8 Å². The fourth-order valence-electron chi connectivity index (χ4n) is 3.22. The van der Waals surface area contributed by atoms with E-state index in [-0.39, 0.29) is 0 Å². The molecule has 1 N–H and O–H groups in total. The van der Waals surface area contributed by atoms with Crippen LogP contribution in [0.4, 0.5) is 0 Å². The van der Waals surface area contributed by atoms with E-state index in [1.807, 2.05) is 12.1 Å². The molecule has 0 saturated carbocycles. The van der Waals surface area contributed by atoms with E-state index in [4.69, 9.17) is 4.42 Å². The Bertz CT molecular complexity index is 336. The molecule has 3 nitrogen and oxygen atoms in total. The average molecular weight is 250 g/mol. The van der Waals surface area contributed by atoms with E-state index in [2.05, 4.69) is 31.0 Å². The molecular weight excluding hydrogens is 224 g/mol. The molecular formula is C15H26N2O. The van der Waals surface area contributed by atoms with Crippen LogP contribution in [0.2, 0.25) is 0 Å². The predicted octanol–water partition coefficient (Wildman–Crippen LogP) is 3.02. The number of nitrogens with zero attached hydrogens (tertiary/aromatic N) is 1. The molecule has 0 aromatic carbocycles. The van der Waals surface area contributed by atoms with E-state index < -0.39 is 0 Å². The van der Waals surface area contributed by atoms with Crippen LogP contribution in [0, 0.1) is 0 Å². The van der Waals surface area contributed by atoms with Crippen LogP contribution in [0.5, 0.6) is 0 Å². The van der Waals surface area contributed by atoms with E-state index in [1.165, 1.54) is 19.3 Å². The molecule has 2 heterocycles. The number of hydrogen-bond acceptors (Lipinski definition) is 3. The van der Waals surface area contributed by atoms with E-state index >= 15 is 0 Å². The van der Waals surface area contributed by atoms with Crippen molar-refractivity contribution in [1.82, 2.24) is 10.2 Å². The molecule has 1 aromatic rings. The summed E-state index contributed by atoms with van der Waals surface area (Å²) in [4.78, 5) is 2.69. The number of rotatable bonds is 6. The standard InChI is InChI=1S/C15H26N2O/c1-4-14-8-7-12(2)17(14)13(3)10-16-11-15-6-5-9-18-15/h5-6,9,12-14,16H,4,7-8,10-11H2,1-3H3. The van der Waals surface area contributed by atoms with Crippen LogP contribution in [0.15, 0.2) is 22.8 Å². The van der Waals surface area contributed by atoms with Gasteiger partial charge in [0.05, 0.1) is 12.8 Å². The second kappa shape index (κ2) is 6.39. The Labute approximate surface area is 111 Å². The fraction of sp³-hybridized carbons (Fsp3) is 0.733. The first-order valence-electron chi connectivity index (χ1n) is 7.23. The Morgan fingerprint density at radius 3 is 3.00 bits per heavy atom. The third kappa shape index (κ3) is 3.15. The highest BCUT2D eigenvalue weighted by Gasteiger charge is 2.32.